The molecule has 0 aliphatic carbocycles. The molecule has 1 heterocycles. The van der Waals surface area contributed by atoms with Gasteiger partial charge < -0.3 is 15.5 Å². The van der Waals surface area contributed by atoms with Gasteiger partial charge in [-0.3, -0.25) is 4.79 Å². The first-order valence-electron chi connectivity index (χ1n) is 8.06. The highest BCUT2D eigenvalue weighted by Crippen LogP contribution is 2.15. The lowest BCUT2D eigenvalue weighted by Gasteiger charge is -2.17. The van der Waals surface area contributed by atoms with Crippen molar-refractivity contribution in [1.29, 1.82) is 0 Å². The maximum atomic E-state index is 12.1. The van der Waals surface area contributed by atoms with Crippen LogP contribution >= 0.6 is 0 Å². The molecule has 1 unspecified atom stereocenters. The van der Waals surface area contributed by atoms with E-state index in [9.17, 15) is 9.59 Å². The molecule has 24 heavy (non-hydrogen) atoms. The molecule has 124 valence electrons. The van der Waals surface area contributed by atoms with E-state index in [1.165, 1.54) is 0 Å². The number of amides is 3. The van der Waals surface area contributed by atoms with E-state index in [2.05, 4.69) is 10.6 Å². The van der Waals surface area contributed by atoms with Gasteiger partial charge in [-0.05, 0) is 24.6 Å². The molecule has 1 aliphatic rings. The lowest BCUT2D eigenvalue weighted by molar-refractivity contribution is -0.128. The molecule has 2 aromatic carbocycles. The smallest absolute Gasteiger partial charge is 0.319 e. The van der Waals surface area contributed by atoms with Crippen molar-refractivity contribution in [2.75, 3.05) is 11.9 Å². The van der Waals surface area contributed by atoms with Crippen LogP contribution in [0.2, 0.25) is 0 Å². The topological polar surface area (TPSA) is 61.4 Å². The van der Waals surface area contributed by atoms with Gasteiger partial charge in [0.2, 0.25) is 5.91 Å². The summed E-state index contributed by atoms with van der Waals surface area (Å²) in [5, 5.41) is 5.67. The molecule has 1 saturated heterocycles. The van der Waals surface area contributed by atoms with Gasteiger partial charge in [0.05, 0.1) is 6.04 Å². The molecule has 1 aliphatic heterocycles. The first kappa shape index (κ1) is 16.1. The Bertz CT molecular complexity index is 713. The number of urea groups is 1. The van der Waals surface area contributed by atoms with Crippen molar-refractivity contribution in [3.63, 3.8) is 0 Å². The summed E-state index contributed by atoms with van der Waals surface area (Å²) >= 11 is 0. The van der Waals surface area contributed by atoms with E-state index in [4.69, 9.17) is 0 Å². The molecule has 2 N–H and O–H groups in total. The van der Waals surface area contributed by atoms with Gasteiger partial charge in [0.25, 0.3) is 0 Å². The summed E-state index contributed by atoms with van der Waals surface area (Å²) in [7, 11) is 0. The third kappa shape index (κ3) is 4.13. The van der Waals surface area contributed by atoms with Crippen molar-refractivity contribution in [1.82, 2.24) is 10.2 Å². The fourth-order valence-corrected chi connectivity index (χ4v) is 2.81. The van der Waals surface area contributed by atoms with Crippen molar-refractivity contribution in [3.8, 4) is 0 Å². The van der Waals surface area contributed by atoms with Crippen molar-refractivity contribution in [3.05, 3.63) is 65.7 Å². The number of nitrogens with one attached hydrogen (secondary N) is 2. The van der Waals surface area contributed by atoms with Crippen LogP contribution in [0.1, 0.15) is 17.5 Å². The number of aryl methyl sites for hydroxylation is 1. The van der Waals surface area contributed by atoms with Crippen LogP contribution < -0.4 is 10.6 Å². The standard InChI is InChI=1S/C19H21N3O2/c1-14-7-9-16(10-8-14)20-19(24)21-17-11-18(23)22(13-17)12-15-5-3-2-4-6-15/h2-10,17H,11-13H2,1H3,(H2,20,21,24). The van der Waals surface area contributed by atoms with Gasteiger partial charge in [-0.15, -0.1) is 0 Å². The molecule has 0 radical (unpaired) electrons. The highest BCUT2D eigenvalue weighted by atomic mass is 16.2. The molecular formula is C19H21N3O2. The van der Waals surface area contributed by atoms with E-state index in [0.717, 1.165) is 16.8 Å². The zero-order chi connectivity index (χ0) is 16.9. The van der Waals surface area contributed by atoms with Crippen molar-refractivity contribution in [2.45, 2.75) is 25.9 Å². The molecule has 3 amide bonds. The Hall–Kier alpha value is -2.82. The van der Waals surface area contributed by atoms with E-state index in [1.54, 1.807) is 4.90 Å². The quantitative estimate of drug-likeness (QED) is 0.909. The van der Waals surface area contributed by atoms with Gasteiger partial charge in [-0.1, -0.05) is 48.0 Å². The lowest BCUT2D eigenvalue weighted by Crippen LogP contribution is -2.39. The molecule has 0 saturated carbocycles. The van der Waals surface area contributed by atoms with E-state index < -0.39 is 0 Å². The average Bonchev–Trinajstić information content (AvgIpc) is 2.90. The zero-order valence-electron chi connectivity index (χ0n) is 13.7. The van der Waals surface area contributed by atoms with Crippen LogP contribution in [-0.4, -0.2) is 29.4 Å². The van der Waals surface area contributed by atoms with Crippen LogP contribution in [0.4, 0.5) is 10.5 Å². The second kappa shape index (κ2) is 7.17. The third-order valence-electron chi connectivity index (χ3n) is 4.08. The summed E-state index contributed by atoms with van der Waals surface area (Å²) in [6.45, 7) is 3.11. The summed E-state index contributed by atoms with van der Waals surface area (Å²) in [5.74, 6) is 0.0690. The molecule has 2 aromatic rings. The predicted octanol–water partition coefficient (Wildman–Crippen LogP) is 2.92. The number of anilines is 1. The summed E-state index contributed by atoms with van der Waals surface area (Å²) in [6.07, 6.45) is 0.341. The number of rotatable bonds is 4. The minimum Gasteiger partial charge on any atom is -0.336 e. The molecule has 3 rings (SSSR count). The van der Waals surface area contributed by atoms with Gasteiger partial charge in [-0.25, -0.2) is 4.79 Å². The number of hydrogen-bond acceptors (Lipinski definition) is 2. The summed E-state index contributed by atoms with van der Waals surface area (Å²) in [5.41, 5.74) is 2.97. The number of likely N-dealkylation sites (tertiary alicyclic amines) is 1. The lowest BCUT2D eigenvalue weighted by atomic mass is 10.2. The third-order valence-corrected chi connectivity index (χ3v) is 4.08. The maximum absolute atomic E-state index is 12.1. The summed E-state index contributed by atoms with van der Waals surface area (Å²) in [4.78, 5) is 26.0. The van der Waals surface area contributed by atoms with Crippen molar-refractivity contribution >= 4 is 17.6 Å². The van der Waals surface area contributed by atoms with Crippen LogP contribution in [0.15, 0.2) is 54.6 Å². The first-order chi connectivity index (χ1) is 11.6. The van der Waals surface area contributed by atoms with Crippen LogP contribution in [0.3, 0.4) is 0 Å². The second-order valence-electron chi connectivity index (χ2n) is 6.13. The van der Waals surface area contributed by atoms with E-state index in [-0.39, 0.29) is 18.0 Å². The Morgan fingerprint density at radius 3 is 2.54 bits per heavy atom. The minimum atomic E-state index is -0.279. The van der Waals surface area contributed by atoms with Gasteiger partial charge in [0.1, 0.15) is 0 Å². The summed E-state index contributed by atoms with van der Waals surface area (Å²) in [6, 6.07) is 17.0. The first-order valence-corrected chi connectivity index (χ1v) is 8.06. The maximum Gasteiger partial charge on any atom is 0.319 e. The average molecular weight is 323 g/mol. The highest BCUT2D eigenvalue weighted by molar-refractivity contribution is 5.90. The molecule has 1 fully saturated rings. The number of carbonyl (C=O) groups is 2. The Labute approximate surface area is 141 Å². The van der Waals surface area contributed by atoms with Gasteiger partial charge >= 0.3 is 6.03 Å². The number of hydrogen-bond donors (Lipinski definition) is 2. The monoisotopic (exact) mass is 323 g/mol. The van der Waals surface area contributed by atoms with Crippen LogP contribution in [0.5, 0.6) is 0 Å². The summed E-state index contributed by atoms with van der Waals surface area (Å²) < 4.78 is 0. The Morgan fingerprint density at radius 1 is 1.12 bits per heavy atom. The van der Waals surface area contributed by atoms with Gasteiger partial charge in [-0.2, -0.15) is 0 Å². The zero-order valence-corrected chi connectivity index (χ0v) is 13.7. The fourth-order valence-electron chi connectivity index (χ4n) is 2.81. The Kier molecular flexibility index (Phi) is 4.79. The number of nitrogens with zero attached hydrogens (tertiary/aromatic N) is 1. The van der Waals surface area contributed by atoms with Gasteiger partial charge in [0.15, 0.2) is 0 Å². The Balaban J connectivity index is 1.52. The molecule has 0 bridgehead atoms. The fraction of sp³-hybridized carbons (Fsp3) is 0.263. The predicted molar refractivity (Wildman–Crippen MR) is 93.6 cm³/mol. The normalized spacial score (nSPS) is 17.0. The minimum absolute atomic E-state index is 0.0690. The van der Waals surface area contributed by atoms with E-state index in [1.807, 2.05) is 61.5 Å². The largest absolute Gasteiger partial charge is 0.336 e. The van der Waals surface area contributed by atoms with E-state index in [0.29, 0.717) is 19.5 Å². The Morgan fingerprint density at radius 2 is 1.83 bits per heavy atom. The molecule has 0 aromatic heterocycles. The van der Waals surface area contributed by atoms with Gasteiger partial charge in [0, 0.05) is 25.2 Å². The molecule has 0 spiro atoms. The second-order valence-corrected chi connectivity index (χ2v) is 6.13. The van der Waals surface area contributed by atoms with Crippen molar-refractivity contribution < 1.29 is 9.59 Å². The van der Waals surface area contributed by atoms with Crippen LogP contribution in [0, 0.1) is 6.92 Å². The highest BCUT2D eigenvalue weighted by Gasteiger charge is 2.30. The van der Waals surface area contributed by atoms with Crippen molar-refractivity contribution in [2.24, 2.45) is 0 Å². The number of benzene rings is 2. The molecule has 5 heteroatoms. The van der Waals surface area contributed by atoms with E-state index >= 15 is 0 Å². The molecule has 5 nitrogen and oxygen atoms in total. The molecular weight excluding hydrogens is 302 g/mol. The van der Waals surface area contributed by atoms with Crippen LogP contribution in [0.25, 0.3) is 0 Å². The molecule has 1 atom stereocenters. The SMILES string of the molecule is Cc1ccc(NC(=O)NC2CC(=O)N(Cc3ccccc3)C2)cc1. The number of carbonyl (C=O) groups excluding carboxylic acids is 2. The van der Waals surface area contributed by atoms with Crippen LogP contribution in [-0.2, 0) is 11.3 Å².